The lowest BCUT2D eigenvalue weighted by molar-refractivity contribution is 0.222. The minimum atomic E-state index is -3.88. The van der Waals surface area contributed by atoms with E-state index >= 15 is 0 Å². The average Bonchev–Trinajstić information content (AvgIpc) is 2.75. The van der Waals surface area contributed by atoms with Gasteiger partial charge in [0.15, 0.2) is 0 Å². The number of benzene rings is 2. The molecule has 3 rings (SSSR count). The van der Waals surface area contributed by atoms with Gasteiger partial charge in [-0.3, -0.25) is 0 Å². The summed E-state index contributed by atoms with van der Waals surface area (Å²) in [5.74, 6) is -0.552. The Balaban J connectivity index is 1.66. The van der Waals surface area contributed by atoms with Crippen LogP contribution in [0, 0.1) is 5.82 Å². The molecule has 1 saturated heterocycles. The molecular formula is C21H26ClFN4O3S. The highest BCUT2D eigenvalue weighted by Crippen LogP contribution is 2.25. The number of urea groups is 1. The predicted octanol–water partition coefficient (Wildman–Crippen LogP) is 3.83. The van der Waals surface area contributed by atoms with Crippen molar-refractivity contribution in [2.45, 2.75) is 31.8 Å². The number of nitrogens with zero attached hydrogens (tertiary/aromatic N) is 2. The van der Waals surface area contributed by atoms with Crippen molar-refractivity contribution in [2.75, 3.05) is 25.5 Å². The SMILES string of the molecule is CN(Cc1c(F)cccc1Cl)S(=O)(=O)N1CCCCC1CNC(=O)Nc1ccccc1. The fourth-order valence-corrected chi connectivity index (χ4v) is 5.35. The first-order valence-electron chi connectivity index (χ1n) is 10.0. The molecule has 1 aliphatic rings. The van der Waals surface area contributed by atoms with Gasteiger partial charge in [0.2, 0.25) is 0 Å². The van der Waals surface area contributed by atoms with E-state index < -0.39 is 22.1 Å². The Kier molecular flexibility index (Phi) is 7.88. The van der Waals surface area contributed by atoms with Crippen LogP contribution in [0.1, 0.15) is 24.8 Å². The van der Waals surface area contributed by atoms with Crippen molar-refractivity contribution in [3.05, 3.63) is 64.9 Å². The molecule has 0 spiro atoms. The number of carbonyl (C=O) groups is 1. The molecule has 2 aromatic rings. The van der Waals surface area contributed by atoms with Gasteiger partial charge in [-0.15, -0.1) is 0 Å². The quantitative estimate of drug-likeness (QED) is 0.648. The molecule has 0 radical (unpaired) electrons. The second kappa shape index (κ2) is 10.4. The first-order valence-corrected chi connectivity index (χ1v) is 11.8. The van der Waals surface area contributed by atoms with Gasteiger partial charge in [0, 0.05) is 49.0 Å². The number of hydrogen-bond acceptors (Lipinski definition) is 3. The Morgan fingerprint density at radius 3 is 2.65 bits per heavy atom. The van der Waals surface area contributed by atoms with E-state index in [1.54, 1.807) is 12.1 Å². The molecule has 2 aromatic carbocycles. The Labute approximate surface area is 187 Å². The summed E-state index contributed by atoms with van der Waals surface area (Å²) in [7, 11) is -2.48. The summed E-state index contributed by atoms with van der Waals surface area (Å²) in [6.07, 6.45) is 2.21. The van der Waals surface area contributed by atoms with Crippen molar-refractivity contribution in [1.82, 2.24) is 13.9 Å². The van der Waals surface area contributed by atoms with Gasteiger partial charge in [-0.2, -0.15) is 17.0 Å². The number of rotatable bonds is 7. The molecule has 1 fully saturated rings. The molecule has 1 aliphatic heterocycles. The van der Waals surface area contributed by atoms with Gasteiger partial charge < -0.3 is 10.6 Å². The van der Waals surface area contributed by atoms with Gasteiger partial charge in [-0.25, -0.2) is 9.18 Å². The molecular weight excluding hydrogens is 443 g/mol. The van der Waals surface area contributed by atoms with Gasteiger partial charge in [0.05, 0.1) is 0 Å². The zero-order valence-corrected chi connectivity index (χ0v) is 18.8. The molecule has 0 aromatic heterocycles. The fraction of sp³-hybridized carbons (Fsp3) is 0.381. The Morgan fingerprint density at radius 2 is 1.94 bits per heavy atom. The van der Waals surface area contributed by atoms with Gasteiger partial charge in [0.1, 0.15) is 5.82 Å². The van der Waals surface area contributed by atoms with E-state index in [1.165, 1.54) is 29.6 Å². The van der Waals surface area contributed by atoms with Crippen LogP contribution in [0.2, 0.25) is 5.02 Å². The molecule has 168 valence electrons. The van der Waals surface area contributed by atoms with Crippen molar-refractivity contribution >= 4 is 33.5 Å². The zero-order chi connectivity index (χ0) is 22.4. The zero-order valence-electron chi connectivity index (χ0n) is 17.2. The summed E-state index contributed by atoms with van der Waals surface area (Å²) < 4.78 is 43.0. The van der Waals surface area contributed by atoms with Crippen LogP contribution in [0.15, 0.2) is 48.5 Å². The molecule has 0 aliphatic carbocycles. The largest absolute Gasteiger partial charge is 0.336 e. The molecule has 2 N–H and O–H groups in total. The maximum atomic E-state index is 14.1. The predicted molar refractivity (Wildman–Crippen MR) is 120 cm³/mol. The van der Waals surface area contributed by atoms with Gasteiger partial charge in [-0.05, 0) is 37.1 Å². The van der Waals surface area contributed by atoms with Crippen LogP contribution < -0.4 is 10.6 Å². The molecule has 1 unspecified atom stereocenters. The smallest absolute Gasteiger partial charge is 0.319 e. The lowest BCUT2D eigenvalue weighted by Crippen LogP contribution is -2.53. The second-order valence-electron chi connectivity index (χ2n) is 7.43. The molecule has 2 amide bonds. The number of amides is 2. The Bertz CT molecular complexity index is 987. The maximum Gasteiger partial charge on any atom is 0.319 e. The van der Waals surface area contributed by atoms with Crippen LogP contribution in [0.5, 0.6) is 0 Å². The summed E-state index contributed by atoms with van der Waals surface area (Å²) in [4.78, 5) is 12.2. The Hall–Kier alpha value is -2.20. The normalized spacial score (nSPS) is 17.5. The average molecular weight is 469 g/mol. The van der Waals surface area contributed by atoms with Crippen molar-refractivity contribution in [2.24, 2.45) is 0 Å². The van der Waals surface area contributed by atoms with E-state index in [1.807, 2.05) is 18.2 Å². The summed E-state index contributed by atoms with van der Waals surface area (Å²) in [5, 5.41) is 5.65. The third-order valence-corrected chi connectivity index (χ3v) is 7.58. The number of para-hydroxylation sites is 1. The van der Waals surface area contributed by atoms with Crippen LogP contribution in [0.25, 0.3) is 0 Å². The number of halogens is 2. The molecule has 10 heteroatoms. The number of hydrogen-bond donors (Lipinski definition) is 2. The first-order chi connectivity index (χ1) is 14.8. The number of carbonyl (C=O) groups excluding carboxylic acids is 1. The molecule has 1 atom stereocenters. The van der Waals surface area contributed by atoms with Crippen molar-refractivity contribution in [1.29, 1.82) is 0 Å². The maximum absolute atomic E-state index is 14.1. The highest BCUT2D eigenvalue weighted by molar-refractivity contribution is 7.86. The molecule has 31 heavy (non-hydrogen) atoms. The van der Waals surface area contributed by atoms with E-state index in [2.05, 4.69) is 10.6 Å². The fourth-order valence-electron chi connectivity index (χ4n) is 3.56. The van der Waals surface area contributed by atoms with Gasteiger partial charge >= 0.3 is 6.03 Å². The van der Waals surface area contributed by atoms with Crippen LogP contribution >= 0.6 is 11.6 Å². The summed E-state index contributed by atoms with van der Waals surface area (Å²) in [6.45, 7) is 0.329. The molecule has 0 saturated carbocycles. The summed E-state index contributed by atoms with van der Waals surface area (Å²) >= 11 is 6.06. The van der Waals surface area contributed by atoms with E-state index in [-0.39, 0.29) is 29.7 Å². The van der Waals surface area contributed by atoms with Crippen molar-refractivity contribution in [3.63, 3.8) is 0 Å². The lowest BCUT2D eigenvalue weighted by Gasteiger charge is -2.37. The number of anilines is 1. The Morgan fingerprint density at radius 1 is 1.19 bits per heavy atom. The molecule has 1 heterocycles. The van der Waals surface area contributed by atoms with Crippen LogP contribution in [0.4, 0.5) is 14.9 Å². The minimum Gasteiger partial charge on any atom is -0.336 e. The number of nitrogens with one attached hydrogen (secondary N) is 2. The van der Waals surface area contributed by atoms with Crippen LogP contribution in [0.3, 0.4) is 0 Å². The third kappa shape index (κ3) is 5.94. The van der Waals surface area contributed by atoms with Crippen molar-refractivity contribution < 1.29 is 17.6 Å². The van der Waals surface area contributed by atoms with E-state index in [0.29, 0.717) is 18.7 Å². The molecule has 0 bridgehead atoms. The van der Waals surface area contributed by atoms with E-state index in [9.17, 15) is 17.6 Å². The monoisotopic (exact) mass is 468 g/mol. The number of piperidine rings is 1. The van der Waals surface area contributed by atoms with E-state index in [4.69, 9.17) is 11.6 Å². The minimum absolute atomic E-state index is 0.129. The van der Waals surface area contributed by atoms with Gasteiger partial charge in [0.25, 0.3) is 10.2 Å². The van der Waals surface area contributed by atoms with Crippen LogP contribution in [-0.4, -0.2) is 49.2 Å². The topological polar surface area (TPSA) is 81.8 Å². The second-order valence-corrected chi connectivity index (χ2v) is 9.82. The standard InChI is InChI=1S/C21H26ClFN4O3S/c1-26(15-18-19(22)11-7-12-20(18)23)31(29,30)27-13-6-5-10-17(27)14-24-21(28)25-16-8-3-2-4-9-16/h2-4,7-9,11-12,17H,5-6,10,13-15H2,1H3,(H2,24,25,28). The molecule has 7 nitrogen and oxygen atoms in total. The van der Waals surface area contributed by atoms with Crippen LogP contribution in [-0.2, 0) is 16.8 Å². The highest BCUT2D eigenvalue weighted by atomic mass is 35.5. The first kappa shape index (κ1) is 23.5. The van der Waals surface area contributed by atoms with E-state index in [0.717, 1.165) is 17.1 Å². The van der Waals surface area contributed by atoms with Crippen molar-refractivity contribution in [3.8, 4) is 0 Å². The highest BCUT2D eigenvalue weighted by Gasteiger charge is 2.35. The summed E-state index contributed by atoms with van der Waals surface area (Å²) in [6, 6.07) is 12.5. The lowest BCUT2D eigenvalue weighted by atomic mass is 10.1. The summed E-state index contributed by atoms with van der Waals surface area (Å²) in [5.41, 5.74) is 0.777. The van der Waals surface area contributed by atoms with Gasteiger partial charge in [-0.1, -0.05) is 42.3 Å². The third-order valence-electron chi connectivity index (χ3n) is 5.24.